The van der Waals surface area contributed by atoms with Gasteiger partial charge in [-0.1, -0.05) is 28.4 Å². The standard InChI is InChI=1S/C15H19Cl2N5/c1-18-12-3-2-6-21(8-12)9-13-10-22(20-19-13)15-5-4-11(16)7-14(15)17/h4-5,7,10,12,18H,2-3,6,8-9H2,1H3. The van der Waals surface area contributed by atoms with Gasteiger partial charge in [0.1, 0.15) is 0 Å². The van der Waals surface area contributed by atoms with Crippen molar-refractivity contribution in [3.8, 4) is 5.69 Å². The van der Waals surface area contributed by atoms with E-state index >= 15 is 0 Å². The zero-order valence-electron chi connectivity index (χ0n) is 12.5. The Balaban J connectivity index is 1.71. The van der Waals surface area contributed by atoms with E-state index in [0.717, 1.165) is 31.0 Å². The van der Waals surface area contributed by atoms with Crippen molar-refractivity contribution < 1.29 is 0 Å². The van der Waals surface area contributed by atoms with E-state index in [1.165, 1.54) is 12.8 Å². The zero-order chi connectivity index (χ0) is 15.5. The Labute approximate surface area is 140 Å². The number of hydrogen-bond acceptors (Lipinski definition) is 4. The third kappa shape index (κ3) is 3.60. The number of likely N-dealkylation sites (tertiary alicyclic amines) is 1. The molecule has 0 bridgehead atoms. The van der Waals surface area contributed by atoms with Crippen LogP contribution in [0.2, 0.25) is 10.0 Å². The lowest BCUT2D eigenvalue weighted by atomic mass is 10.1. The number of nitrogens with one attached hydrogen (secondary N) is 1. The molecule has 1 saturated heterocycles. The maximum absolute atomic E-state index is 6.21. The predicted octanol–water partition coefficient (Wildman–Crippen LogP) is 2.76. The van der Waals surface area contributed by atoms with Crippen molar-refractivity contribution in [1.82, 2.24) is 25.2 Å². The van der Waals surface area contributed by atoms with Gasteiger partial charge in [0.05, 0.1) is 22.6 Å². The van der Waals surface area contributed by atoms with Crippen molar-refractivity contribution in [2.75, 3.05) is 20.1 Å². The highest BCUT2D eigenvalue weighted by atomic mass is 35.5. The molecule has 5 nitrogen and oxygen atoms in total. The smallest absolute Gasteiger partial charge is 0.0971 e. The summed E-state index contributed by atoms with van der Waals surface area (Å²) in [6, 6.07) is 5.92. The number of nitrogens with zero attached hydrogens (tertiary/aromatic N) is 4. The van der Waals surface area contributed by atoms with Crippen LogP contribution in [0.3, 0.4) is 0 Å². The molecule has 0 amide bonds. The summed E-state index contributed by atoms with van der Waals surface area (Å²) in [6.45, 7) is 2.96. The topological polar surface area (TPSA) is 46.0 Å². The van der Waals surface area contributed by atoms with Crippen molar-refractivity contribution in [3.05, 3.63) is 40.1 Å². The van der Waals surface area contributed by atoms with E-state index in [0.29, 0.717) is 16.1 Å². The molecule has 0 spiro atoms. The first-order valence-corrected chi connectivity index (χ1v) is 8.17. The van der Waals surface area contributed by atoms with Crippen LogP contribution in [0.25, 0.3) is 5.69 Å². The monoisotopic (exact) mass is 339 g/mol. The van der Waals surface area contributed by atoms with Crippen LogP contribution in [-0.2, 0) is 6.54 Å². The highest BCUT2D eigenvalue weighted by molar-refractivity contribution is 6.35. The third-order valence-electron chi connectivity index (χ3n) is 4.00. The highest BCUT2D eigenvalue weighted by Crippen LogP contribution is 2.24. The molecule has 3 rings (SSSR count). The molecule has 1 unspecified atom stereocenters. The summed E-state index contributed by atoms with van der Waals surface area (Å²) in [6.07, 6.45) is 4.38. The van der Waals surface area contributed by atoms with Crippen LogP contribution in [0.4, 0.5) is 0 Å². The Bertz CT molecular complexity index is 643. The molecule has 2 aromatic rings. The molecule has 118 valence electrons. The second-order valence-electron chi connectivity index (χ2n) is 5.61. The van der Waals surface area contributed by atoms with Gasteiger partial charge in [0.15, 0.2) is 0 Å². The summed E-state index contributed by atoms with van der Waals surface area (Å²) in [4.78, 5) is 2.41. The lowest BCUT2D eigenvalue weighted by Crippen LogP contribution is -2.43. The number of likely N-dealkylation sites (N-methyl/N-ethyl adjacent to an activating group) is 1. The number of halogens is 2. The van der Waals surface area contributed by atoms with Crippen LogP contribution in [-0.4, -0.2) is 46.1 Å². The van der Waals surface area contributed by atoms with E-state index in [1.807, 2.05) is 19.3 Å². The summed E-state index contributed by atoms with van der Waals surface area (Å²) in [7, 11) is 2.02. The van der Waals surface area contributed by atoms with Gasteiger partial charge in [-0.3, -0.25) is 4.90 Å². The Hall–Kier alpha value is -1.14. The maximum Gasteiger partial charge on any atom is 0.0971 e. The van der Waals surface area contributed by atoms with Crippen LogP contribution >= 0.6 is 23.2 Å². The quantitative estimate of drug-likeness (QED) is 0.930. The molecule has 2 heterocycles. The van der Waals surface area contributed by atoms with Crippen LogP contribution in [0, 0.1) is 0 Å². The average molecular weight is 340 g/mol. The van der Waals surface area contributed by atoms with Gasteiger partial charge in [-0.05, 0) is 44.6 Å². The fourth-order valence-electron chi connectivity index (χ4n) is 2.82. The molecule has 7 heteroatoms. The first kappa shape index (κ1) is 15.7. The third-order valence-corrected chi connectivity index (χ3v) is 4.53. The van der Waals surface area contributed by atoms with Gasteiger partial charge in [0.2, 0.25) is 0 Å². The normalized spacial score (nSPS) is 19.5. The van der Waals surface area contributed by atoms with Gasteiger partial charge in [-0.2, -0.15) is 0 Å². The van der Waals surface area contributed by atoms with Gasteiger partial charge in [-0.25, -0.2) is 4.68 Å². The minimum Gasteiger partial charge on any atom is -0.316 e. The fraction of sp³-hybridized carbons (Fsp3) is 0.467. The number of rotatable bonds is 4. The summed E-state index contributed by atoms with van der Waals surface area (Å²) in [5.74, 6) is 0. The lowest BCUT2D eigenvalue weighted by Gasteiger charge is -2.31. The van der Waals surface area contributed by atoms with Gasteiger partial charge < -0.3 is 5.32 Å². The van der Waals surface area contributed by atoms with Crippen molar-refractivity contribution in [1.29, 1.82) is 0 Å². The second-order valence-corrected chi connectivity index (χ2v) is 6.46. The average Bonchev–Trinajstić information content (AvgIpc) is 2.95. The van der Waals surface area contributed by atoms with Crippen molar-refractivity contribution in [2.24, 2.45) is 0 Å². The minimum absolute atomic E-state index is 0.564. The number of piperidine rings is 1. The van der Waals surface area contributed by atoms with Gasteiger partial charge in [0, 0.05) is 24.2 Å². The fourth-order valence-corrected chi connectivity index (χ4v) is 3.31. The molecule has 1 aliphatic heterocycles. The Kier molecular flexibility index (Phi) is 4.98. The molecular weight excluding hydrogens is 321 g/mol. The number of benzene rings is 1. The zero-order valence-corrected chi connectivity index (χ0v) is 14.0. The SMILES string of the molecule is CNC1CCCN(Cc2cn(-c3ccc(Cl)cc3Cl)nn2)C1. The van der Waals surface area contributed by atoms with Crippen molar-refractivity contribution >= 4 is 23.2 Å². The van der Waals surface area contributed by atoms with E-state index in [1.54, 1.807) is 16.8 Å². The van der Waals surface area contributed by atoms with Crippen molar-refractivity contribution in [2.45, 2.75) is 25.4 Å². The van der Waals surface area contributed by atoms with E-state index < -0.39 is 0 Å². The Morgan fingerprint density at radius 1 is 1.36 bits per heavy atom. The first-order valence-electron chi connectivity index (χ1n) is 7.42. The van der Waals surface area contributed by atoms with Crippen LogP contribution in [0.15, 0.2) is 24.4 Å². The second kappa shape index (κ2) is 6.96. The largest absolute Gasteiger partial charge is 0.316 e. The van der Waals surface area contributed by atoms with Gasteiger partial charge >= 0.3 is 0 Å². The molecule has 1 aromatic heterocycles. The maximum atomic E-state index is 6.21. The van der Waals surface area contributed by atoms with E-state index in [-0.39, 0.29) is 0 Å². The molecule has 1 aromatic carbocycles. The number of hydrogen-bond donors (Lipinski definition) is 1. The Morgan fingerprint density at radius 2 is 2.23 bits per heavy atom. The molecule has 1 atom stereocenters. The predicted molar refractivity (Wildman–Crippen MR) is 88.7 cm³/mol. The van der Waals surface area contributed by atoms with E-state index in [2.05, 4.69) is 20.5 Å². The van der Waals surface area contributed by atoms with Gasteiger partial charge in [0.25, 0.3) is 0 Å². The molecule has 1 aliphatic rings. The molecule has 0 saturated carbocycles. The molecule has 1 N–H and O–H groups in total. The summed E-state index contributed by atoms with van der Waals surface area (Å²) < 4.78 is 1.70. The minimum atomic E-state index is 0.564. The van der Waals surface area contributed by atoms with Crippen LogP contribution in [0.5, 0.6) is 0 Å². The first-order chi connectivity index (χ1) is 10.7. The molecule has 0 radical (unpaired) electrons. The summed E-state index contributed by atoms with van der Waals surface area (Å²) in [5.41, 5.74) is 1.74. The highest BCUT2D eigenvalue weighted by Gasteiger charge is 2.19. The lowest BCUT2D eigenvalue weighted by molar-refractivity contribution is 0.186. The van der Waals surface area contributed by atoms with Crippen LogP contribution in [0.1, 0.15) is 18.5 Å². The molecule has 1 fully saturated rings. The number of aromatic nitrogens is 3. The van der Waals surface area contributed by atoms with Crippen molar-refractivity contribution in [3.63, 3.8) is 0 Å². The van der Waals surface area contributed by atoms with E-state index in [9.17, 15) is 0 Å². The van der Waals surface area contributed by atoms with Crippen LogP contribution < -0.4 is 5.32 Å². The molecule has 0 aliphatic carbocycles. The summed E-state index contributed by atoms with van der Waals surface area (Å²) >= 11 is 12.1. The summed E-state index contributed by atoms with van der Waals surface area (Å²) in [5, 5.41) is 13.0. The van der Waals surface area contributed by atoms with E-state index in [4.69, 9.17) is 23.2 Å². The molecule has 22 heavy (non-hydrogen) atoms. The Morgan fingerprint density at radius 3 is 3.00 bits per heavy atom. The van der Waals surface area contributed by atoms with Gasteiger partial charge in [-0.15, -0.1) is 5.10 Å². The molecular formula is C15H19Cl2N5.